The van der Waals surface area contributed by atoms with Crippen molar-refractivity contribution in [1.82, 2.24) is 5.32 Å². The lowest BCUT2D eigenvalue weighted by Gasteiger charge is -2.31. The molecule has 2 aromatic rings. The van der Waals surface area contributed by atoms with Gasteiger partial charge in [0.2, 0.25) is 5.91 Å². The fourth-order valence-electron chi connectivity index (χ4n) is 4.21. The maximum Gasteiger partial charge on any atom is 0.416 e. The number of carboxylic acids is 1. The van der Waals surface area contributed by atoms with Gasteiger partial charge in [0.05, 0.1) is 16.5 Å². The van der Waals surface area contributed by atoms with E-state index in [9.17, 15) is 45.4 Å². The predicted octanol–water partition coefficient (Wildman–Crippen LogP) is 6.06. The molecule has 1 aliphatic rings. The summed E-state index contributed by atoms with van der Waals surface area (Å²) >= 11 is 0. The first-order valence-electron chi connectivity index (χ1n) is 11.2. The van der Waals surface area contributed by atoms with E-state index in [-0.39, 0.29) is 22.8 Å². The molecule has 0 radical (unpaired) electrons. The summed E-state index contributed by atoms with van der Waals surface area (Å²) in [6.07, 6.45) is -7.92. The van der Waals surface area contributed by atoms with Crippen LogP contribution in [0.15, 0.2) is 65.1 Å². The van der Waals surface area contributed by atoms with Gasteiger partial charge in [-0.25, -0.2) is 18.6 Å². The molecule has 2 N–H and O–H groups in total. The number of nitrogens with zero attached hydrogens (tertiary/aromatic N) is 1. The van der Waals surface area contributed by atoms with E-state index in [0.29, 0.717) is 12.1 Å². The van der Waals surface area contributed by atoms with Crippen molar-refractivity contribution in [3.05, 3.63) is 93.7 Å². The van der Waals surface area contributed by atoms with E-state index in [1.807, 2.05) is 0 Å². The minimum Gasteiger partial charge on any atom is -0.476 e. The highest BCUT2D eigenvalue weighted by Crippen LogP contribution is 2.43. The second-order valence-corrected chi connectivity index (χ2v) is 8.73. The highest BCUT2D eigenvalue weighted by molar-refractivity contribution is 5.92. The molecule has 13 heteroatoms. The first kappa shape index (κ1) is 29.5. The number of allylic oxidation sites excluding steroid dienone is 3. The lowest BCUT2D eigenvalue weighted by molar-refractivity contribution is -0.143. The number of halogens is 8. The molecule has 0 saturated heterocycles. The Hall–Kier alpha value is -4.03. The largest absolute Gasteiger partial charge is 0.476 e. The Kier molecular flexibility index (Phi) is 8.32. The molecule has 1 amide bonds. The van der Waals surface area contributed by atoms with Gasteiger partial charge in [0.15, 0.2) is 5.70 Å². The molecule has 0 aliphatic carbocycles. The van der Waals surface area contributed by atoms with Gasteiger partial charge in [-0.05, 0) is 66.4 Å². The molecule has 208 valence electrons. The number of aryl methyl sites for hydroxylation is 1. The Bertz CT molecular complexity index is 1340. The van der Waals surface area contributed by atoms with Crippen molar-refractivity contribution in [3.8, 4) is 0 Å². The summed E-state index contributed by atoms with van der Waals surface area (Å²) in [6, 6.07) is 4.24. The van der Waals surface area contributed by atoms with E-state index in [4.69, 9.17) is 0 Å². The van der Waals surface area contributed by atoms with Gasteiger partial charge in [-0.1, -0.05) is 12.1 Å². The molecule has 1 atom stereocenters. The van der Waals surface area contributed by atoms with Crippen molar-refractivity contribution in [2.45, 2.75) is 37.5 Å². The van der Waals surface area contributed by atoms with Gasteiger partial charge in [0, 0.05) is 19.2 Å². The smallest absolute Gasteiger partial charge is 0.416 e. The number of aliphatic imine (C=N–C) groups is 1. The summed E-state index contributed by atoms with van der Waals surface area (Å²) in [4.78, 5) is 28.1. The lowest BCUT2D eigenvalue weighted by atomic mass is 9.73. The summed E-state index contributed by atoms with van der Waals surface area (Å²) in [5, 5.41) is 11.7. The third-order valence-corrected chi connectivity index (χ3v) is 5.96. The van der Waals surface area contributed by atoms with Crippen LogP contribution in [-0.2, 0) is 33.8 Å². The number of carbonyl (C=O) groups is 2. The van der Waals surface area contributed by atoms with Gasteiger partial charge >= 0.3 is 18.3 Å². The minimum atomic E-state index is -5.04. The van der Waals surface area contributed by atoms with Gasteiger partial charge in [-0.2, -0.15) is 26.3 Å². The summed E-state index contributed by atoms with van der Waals surface area (Å²) in [7, 11) is 0. The second kappa shape index (κ2) is 11.0. The van der Waals surface area contributed by atoms with E-state index < -0.39 is 77.5 Å². The molecule has 0 aromatic heterocycles. The number of carbonyl (C=O) groups excluding carboxylic acids is 1. The highest BCUT2D eigenvalue weighted by Gasteiger charge is 2.42. The summed E-state index contributed by atoms with van der Waals surface area (Å²) in [5.41, 5.74) is -6.21. The van der Waals surface area contributed by atoms with Crippen LogP contribution in [0.25, 0.3) is 0 Å². The maximum atomic E-state index is 15.8. The monoisotopic (exact) mass is 560 g/mol. The van der Waals surface area contributed by atoms with Gasteiger partial charge in [-0.3, -0.25) is 4.79 Å². The standard InChI is InChI=1S/C26H20F8N2O3/c1-14-9-18(27)3-4-19(14)24(6-2-7-36-21(22(24)28)23(38)39)13-20(37)35-8-5-15-10-16(25(29,30)31)12-17(11-15)26(32,33)34/h2-4,6-7,9-12H,5,8,13H2,1H3,(H,35,37)(H,38,39). The minimum absolute atomic E-state index is 0.0214. The van der Waals surface area contributed by atoms with Crippen LogP contribution in [0.3, 0.4) is 0 Å². The molecule has 0 saturated carbocycles. The first-order valence-corrected chi connectivity index (χ1v) is 11.2. The number of alkyl halides is 6. The van der Waals surface area contributed by atoms with Crippen molar-refractivity contribution < 1.29 is 49.8 Å². The Morgan fingerprint density at radius 3 is 2.13 bits per heavy atom. The Labute approximate surface area is 216 Å². The molecule has 0 bridgehead atoms. The zero-order chi connectivity index (χ0) is 29.2. The van der Waals surface area contributed by atoms with Gasteiger partial charge in [-0.15, -0.1) is 0 Å². The van der Waals surface area contributed by atoms with Crippen LogP contribution in [0.4, 0.5) is 35.1 Å². The van der Waals surface area contributed by atoms with Crippen molar-refractivity contribution in [1.29, 1.82) is 0 Å². The van der Waals surface area contributed by atoms with Crippen LogP contribution >= 0.6 is 0 Å². The van der Waals surface area contributed by atoms with E-state index in [2.05, 4.69) is 10.3 Å². The maximum absolute atomic E-state index is 15.8. The first-order chi connectivity index (χ1) is 18.0. The lowest BCUT2D eigenvalue weighted by Crippen LogP contribution is -2.36. The fourth-order valence-corrected chi connectivity index (χ4v) is 4.21. The SMILES string of the molecule is Cc1cc(F)ccc1C1(CC(=O)NCCc2cc(C(F)(F)F)cc(C(F)(F)F)c2)C=CC=NC(C(=O)O)=C1F. The fraction of sp³-hybridized carbons (Fsp3) is 0.269. The van der Waals surface area contributed by atoms with Gasteiger partial charge < -0.3 is 10.4 Å². The molecule has 39 heavy (non-hydrogen) atoms. The zero-order valence-corrected chi connectivity index (χ0v) is 20.1. The average molecular weight is 560 g/mol. The number of hydrogen-bond donors (Lipinski definition) is 2. The van der Waals surface area contributed by atoms with Crippen LogP contribution in [0, 0.1) is 12.7 Å². The van der Waals surface area contributed by atoms with E-state index in [1.165, 1.54) is 25.1 Å². The van der Waals surface area contributed by atoms with E-state index in [1.54, 1.807) is 0 Å². The average Bonchev–Trinajstić information content (AvgIpc) is 2.97. The molecule has 0 fully saturated rings. The number of nitrogens with one attached hydrogen (secondary N) is 1. The zero-order valence-electron chi connectivity index (χ0n) is 20.1. The van der Waals surface area contributed by atoms with Crippen molar-refractivity contribution in [2.75, 3.05) is 6.54 Å². The van der Waals surface area contributed by atoms with Gasteiger partial charge in [0.1, 0.15) is 11.6 Å². The summed E-state index contributed by atoms with van der Waals surface area (Å²) in [5.74, 6) is -4.64. The number of rotatable bonds is 7. The Morgan fingerprint density at radius 2 is 1.59 bits per heavy atom. The molecule has 0 spiro atoms. The van der Waals surface area contributed by atoms with Crippen molar-refractivity contribution >= 4 is 18.1 Å². The van der Waals surface area contributed by atoms with Crippen LogP contribution in [0.5, 0.6) is 0 Å². The highest BCUT2D eigenvalue weighted by atomic mass is 19.4. The van der Waals surface area contributed by atoms with Crippen molar-refractivity contribution in [2.24, 2.45) is 4.99 Å². The quantitative estimate of drug-likeness (QED) is 0.404. The number of carboxylic acid groups (broad SMARTS) is 1. The topological polar surface area (TPSA) is 78.8 Å². The molecular formula is C26H20F8N2O3. The predicted molar refractivity (Wildman–Crippen MR) is 124 cm³/mol. The van der Waals surface area contributed by atoms with E-state index in [0.717, 1.165) is 18.3 Å². The third-order valence-electron chi connectivity index (χ3n) is 5.96. The molecule has 5 nitrogen and oxygen atoms in total. The number of amides is 1. The van der Waals surface area contributed by atoms with Crippen LogP contribution in [0.1, 0.15) is 34.2 Å². The number of benzene rings is 2. The molecule has 2 aromatic carbocycles. The van der Waals surface area contributed by atoms with Crippen molar-refractivity contribution in [3.63, 3.8) is 0 Å². The third kappa shape index (κ3) is 6.70. The Morgan fingerprint density at radius 1 is 0.974 bits per heavy atom. The number of hydrogen-bond acceptors (Lipinski definition) is 3. The molecular weight excluding hydrogens is 540 g/mol. The number of aliphatic carboxylic acids is 1. The molecule has 1 aliphatic heterocycles. The second-order valence-electron chi connectivity index (χ2n) is 8.73. The Balaban J connectivity index is 1.90. The molecule has 3 rings (SSSR count). The van der Waals surface area contributed by atoms with E-state index >= 15 is 4.39 Å². The normalized spacial score (nSPS) is 17.8. The molecule has 1 unspecified atom stereocenters. The summed E-state index contributed by atoms with van der Waals surface area (Å²) in [6.45, 7) is 0.991. The van der Waals surface area contributed by atoms with Crippen LogP contribution in [-0.4, -0.2) is 29.7 Å². The van der Waals surface area contributed by atoms with Crippen LogP contribution in [0.2, 0.25) is 0 Å². The summed E-state index contributed by atoms with van der Waals surface area (Å²) < 4.78 is 108. The van der Waals surface area contributed by atoms with Crippen LogP contribution < -0.4 is 5.32 Å². The molecule has 1 heterocycles. The van der Waals surface area contributed by atoms with Gasteiger partial charge in [0.25, 0.3) is 0 Å².